The first-order chi connectivity index (χ1) is 12.1. The Hall–Kier alpha value is -2.14. The lowest BCUT2D eigenvalue weighted by molar-refractivity contribution is -0.115. The van der Waals surface area contributed by atoms with Crippen molar-refractivity contribution in [2.75, 3.05) is 18.4 Å². The van der Waals surface area contributed by atoms with Crippen LogP contribution in [0.2, 0.25) is 0 Å². The third kappa shape index (κ3) is 4.69. The molecule has 4 nitrogen and oxygen atoms in total. The maximum Gasteiger partial charge on any atom is 0.255 e. The van der Waals surface area contributed by atoms with Crippen LogP contribution in [-0.2, 0) is 11.2 Å². The van der Waals surface area contributed by atoms with Crippen LogP contribution in [0.15, 0.2) is 53.0 Å². The van der Waals surface area contributed by atoms with Crippen LogP contribution in [0, 0.1) is 0 Å². The normalized spacial score (nSPS) is 14.2. The third-order valence-electron chi connectivity index (χ3n) is 4.33. The van der Waals surface area contributed by atoms with Crippen molar-refractivity contribution in [1.82, 2.24) is 4.90 Å². The number of likely N-dealkylation sites (tertiary alicyclic amines) is 1. The molecule has 1 heterocycles. The smallest absolute Gasteiger partial charge is 0.255 e. The fourth-order valence-electron chi connectivity index (χ4n) is 3.07. The van der Waals surface area contributed by atoms with Crippen molar-refractivity contribution in [3.8, 4) is 0 Å². The molecule has 0 saturated carbocycles. The van der Waals surface area contributed by atoms with Crippen molar-refractivity contribution in [3.63, 3.8) is 0 Å². The van der Waals surface area contributed by atoms with Gasteiger partial charge in [-0.15, -0.1) is 0 Å². The molecule has 1 fully saturated rings. The van der Waals surface area contributed by atoms with Gasteiger partial charge in [0.1, 0.15) is 0 Å². The first kappa shape index (κ1) is 17.7. The number of carbonyl (C=O) groups is 2. The second-order valence-electron chi connectivity index (χ2n) is 6.25. The molecule has 2 aromatic carbocycles. The van der Waals surface area contributed by atoms with Gasteiger partial charge in [0.25, 0.3) is 5.91 Å². The van der Waals surface area contributed by atoms with Crippen molar-refractivity contribution in [2.45, 2.75) is 25.7 Å². The lowest BCUT2D eigenvalue weighted by atomic mass is 10.1. The van der Waals surface area contributed by atoms with E-state index >= 15 is 0 Å². The van der Waals surface area contributed by atoms with Crippen LogP contribution < -0.4 is 5.32 Å². The van der Waals surface area contributed by atoms with Crippen LogP contribution in [0.4, 0.5) is 5.69 Å². The Morgan fingerprint density at radius 1 is 1.00 bits per heavy atom. The van der Waals surface area contributed by atoms with Gasteiger partial charge in [-0.3, -0.25) is 9.59 Å². The van der Waals surface area contributed by atoms with Gasteiger partial charge in [0.2, 0.25) is 5.91 Å². The van der Waals surface area contributed by atoms with E-state index in [0.717, 1.165) is 36.0 Å². The molecule has 0 unspecified atom stereocenters. The number of amides is 2. The third-order valence-corrected chi connectivity index (χ3v) is 4.82. The fourth-order valence-corrected chi connectivity index (χ4v) is 3.52. The minimum Gasteiger partial charge on any atom is -0.339 e. The van der Waals surface area contributed by atoms with Crippen molar-refractivity contribution in [3.05, 3.63) is 64.1 Å². The molecule has 5 heteroatoms. The average Bonchev–Trinajstić information content (AvgIpc) is 2.62. The van der Waals surface area contributed by atoms with E-state index in [0.29, 0.717) is 11.3 Å². The van der Waals surface area contributed by atoms with Crippen LogP contribution in [0.5, 0.6) is 0 Å². The predicted octanol–water partition coefficient (Wildman–Crippen LogP) is 4.26. The molecule has 0 radical (unpaired) electrons. The molecular weight excluding hydrogens is 380 g/mol. The largest absolute Gasteiger partial charge is 0.339 e. The van der Waals surface area contributed by atoms with E-state index in [1.165, 1.54) is 6.42 Å². The van der Waals surface area contributed by atoms with Gasteiger partial charge in [-0.2, -0.15) is 0 Å². The molecule has 1 N–H and O–H groups in total. The van der Waals surface area contributed by atoms with Gasteiger partial charge in [-0.05, 0) is 49.1 Å². The van der Waals surface area contributed by atoms with E-state index in [1.54, 1.807) is 12.1 Å². The van der Waals surface area contributed by atoms with Crippen LogP contribution in [0.1, 0.15) is 35.2 Å². The van der Waals surface area contributed by atoms with Gasteiger partial charge in [-0.25, -0.2) is 0 Å². The Bertz CT molecular complexity index is 770. The van der Waals surface area contributed by atoms with Gasteiger partial charge in [0, 0.05) is 17.6 Å². The highest BCUT2D eigenvalue weighted by Crippen LogP contribution is 2.20. The maximum absolute atomic E-state index is 12.8. The number of nitrogens with zero attached hydrogens (tertiary/aromatic N) is 1. The van der Waals surface area contributed by atoms with Gasteiger partial charge in [-0.1, -0.05) is 40.2 Å². The molecule has 1 aliphatic heterocycles. The first-order valence-electron chi connectivity index (χ1n) is 8.56. The highest BCUT2D eigenvalue weighted by Gasteiger charge is 2.21. The van der Waals surface area contributed by atoms with Crippen LogP contribution in [0.25, 0.3) is 0 Å². The van der Waals surface area contributed by atoms with Crippen molar-refractivity contribution < 1.29 is 9.59 Å². The van der Waals surface area contributed by atoms with Crippen LogP contribution >= 0.6 is 15.9 Å². The Morgan fingerprint density at radius 3 is 2.52 bits per heavy atom. The molecule has 3 rings (SSSR count). The van der Waals surface area contributed by atoms with E-state index in [-0.39, 0.29) is 18.2 Å². The number of para-hydroxylation sites is 1. The summed E-state index contributed by atoms with van der Waals surface area (Å²) in [6.07, 6.45) is 3.53. The van der Waals surface area contributed by atoms with Crippen LogP contribution in [0.3, 0.4) is 0 Å². The zero-order valence-electron chi connectivity index (χ0n) is 14.0. The zero-order valence-corrected chi connectivity index (χ0v) is 15.6. The lowest BCUT2D eigenvalue weighted by Gasteiger charge is -2.27. The SMILES string of the molecule is O=C(Cc1cccc(Br)c1)Nc1ccccc1C(=O)N1CCCCC1. The molecule has 0 atom stereocenters. The maximum atomic E-state index is 12.8. The Morgan fingerprint density at radius 2 is 1.76 bits per heavy atom. The topological polar surface area (TPSA) is 49.4 Å². The molecule has 0 bridgehead atoms. The van der Waals surface area contributed by atoms with Gasteiger partial charge in [0.15, 0.2) is 0 Å². The monoisotopic (exact) mass is 400 g/mol. The molecule has 25 heavy (non-hydrogen) atoms. The molecular formula is C20H21BrN2O2. The summed E-state index contributed by atoms with van der Waals surface area (Å²) in [5.41, 5.74) is 2.07. The number of nitrogens with one attached hydrogen (secondary N) is 1. The van der Waals surface area contributed by atoms with Gasteiger partial charge in [0.05, 0.1) is 17.7 Å². The molecule has 2 amide bonds. The Kier molecular flexibility index (Phi) is 5.87. The molecule has 0 aromatic heterocycles. The predicted molar refractivity (Wildman–Crippen MR) is 103 cm³/mol. The van der Waals surface area contributed by atoms with E-state index in [1.807, 2.05) is 41.3 Å². The molecule has 0 aliphatic carbocycles. The second kappa shape index (κ2) is 8.30. The summed E-state index contributed by atoms with van der Waals surface area (Å²) in [5, 5.41) is 2.90. The number of carbonyl (C=O) groups excluding carboxylic acids is 2. The Labute approximate surface area is 156 Å². The summed E-state index contributed by atoms with van der Waals surface area (Å²) in [6, 6.07) is 14.9. The number of piperidine rings is 1. The quantitative estimate of drug-likeness (QED) is 0.833. The van der Waals surface area contributed by atoms with E-state index in [2.05, 4.69) is 21.2 Å². The molecule has 1 saturated heterocycles. The van der Waals surface area contributed by atoms with Crippen LogP contribution in [-0.4, -0.2) is 29.8 Å². The molecule has 130 valence electrons. The minimum absolute atomic E-state index is 0.00180. The van der Waals surface area contributed by atoms with Crippen molar-refractivity contribution in [2.24, 2.45) is 0 Å². The summed E-state index contributed by atoms with van der Waals surface area (Å²) < 4.78 is 0.943. The summed E-state index contributed by atoms with van der Waals surface area (Å²) >= 11 is 3.41. The van der Waals surface area contributed by atoms with E-state index in [9.17, 15) is 9.59 Å². The molecule has 2 aromatic rings. The highest BCUT2D eigenvalue weighted by atomic mass is 79.9. The number of hydrogen-bond donors (Lipinski definition) is 1. The zero-order chi connectivity index (χ0) is 17.6. The second-order valence-corrected chi connectivity index (χ2v) is 7.17. The molecule has 1 aliphatic rings. The lowest BCUT2D eigenvalue weighted by Crippen LogP contribution is -2.36. The number of halogens is 1. The molecule has 0 spiro atoms. The van der Waals surface area contributed by atoms with Crippen molar-refractivity contribution in [1.29, 1.82) is 0 Å². The summed E-state index contributed by atoms with van der Waals surface area (Å²) in [7, 11) is 0. The number of anilines is 1. The van der Waals surface area contributed by atoms with Gasteiger partial charge >= 0.3 is 0 Å². The Balaban J connectivity index is 1.72. The number of benzene rings is 2. The summed E-state index contributed by atoms with van der Waals surface area (Å²) in [6.45, 7) is 1.58. The fraction of sp³-hybridized carbons (Fsp3) is 0.300. The number of hydrogen-bond acceptors (Lipinski definition) is 2. The van der Waals surface area contributed by atoms with Crippen molar-refractivity contribution >= 4 is 33.4 Å². The minimum atomic E-state index is -0.128. The first-order valence-corrected chi connectivity index (χ1v) is 9.35. The average molecular weight is 401 g/mol. The summed E-state index contributed by atoms with van der Waals surface area (Å²) in [4.78, 5) is 27.0. The van der Waals surface area contributed by atoms with E-state index in [4.69, 9.17) is 0 Å². The number of rotatable bonds is 4. The summed E-state index contributed by atoms with van der Waals surface area (Å²) in [5.74, 6) is -0.130. The van der Waals surface area contributed by atoms with E-state index < -0.39 is 0 Å². The standard InChI is InChI=1S/C20H21BrN2O2/c21-16-8-6-7-15(13-16)14-19(24)22-18-10-3-2-9-17(18)20(25)23-11-4-1-5-12-23/h2-3,6-10,13H,1,4-5,11-12,14H2,(H,22,24). The van der Waals surface area contributed by atoms with Gasteiger partial charge < -0.3 is 10.2 Å². The highest BCUT2D eigenvalue weighted by molar-refractivity contribution is 9.10.